The number of aliphatic hydroxyl groups is 1. The number of ether oxygens (including phenoxy) is 2. The van der Waals surface area contributed by atoms with Crippen LogP contribution >= 0.6 is 0 Å². The highest BCUT2D eigenvalue weighted by molar-refractivity contribution is 5.38. The maximum Gasteiger partial charge on any atom is 0.130 e. The summed E-state index contributed by atoms with van der Waals surface area (Å²) in [5.41, 5.74) is 1.85. The maximum absolute atomic E-state index is 10.2. The molecular formula is C18H26O3. The van der Waals surface area contributed by atoms with E-state index in [9.17, 15) is 5.11 Å². The molecule has 3 rings (SSSR count). The Morgan fingerprint density at radius 1 is 1.24 bits per heavy atom. The predicted octanol–water partition coefficient (Wildman–Crippen LogP) is 3.78. The summed E-state index contributed by atoms with van der Waals surface area (Å²) in [6.45, 7) is 8.38. The molecule has 3 heteroatoms. The van der Waals surface area contributed by atoms with Crippen LogP contribution in [0.15, 0.2) is 18.2 Å². The van der Waals surface area contributed by atoms with Gasteiger partial charge in [0.15, 0.2) is 0 Å². The fourth-order valence-corrected chi connectivity index (χ4v) is 3.69. The van der Waals surface area contributed by atoms with Gasteiger partial charge in [-0.05, 0) is 70.2 Å². The van der Waals surface area contributed by atoms with Crippen LogP contribution < -0.4 is 4.74 Å². The van der Waals surface area contributed by atoms with Crippen molar-refractivity contribution in [1.82, 2.24) is 0 Å². The molecule has 2 atom stereocenters. The van der Waals surface area contributed by atoms with Crippen LogP contribution in [-0.4, -0.2) is 22.4 Å². The highest BCUT2D eigenvalue weighted by Gasteiger charge is 2.47. The molecule has 21 heavy (non-hydrogen) atoms. The Morgan fingerprint density at radius 3 is 2.67 bits per heavy atom. The summed E-state index contributed by atoms with van der Waals surface area (Å²) in [6.07, 6.45) is 3.53. The lowest BCUT2D eigenvalue weighted by atomic mass is 9.89. The highest BCUT2D eigenvalue weighted by atomic mass is 16.6. The molecule has 116 valence electrons. The van der Waals surface area contributed by atoms with Crippen LogP contribution in [0.25, 0.3) is 0 Å². The second kappa shape index (κ2) is 4.99. The highest BCUT2D eigenvalue weighted by Crippen LogP contribution is 2.40. The first kappa shape index (κ1) is 14.9. The topological polar surface area (TPSA) is 38.7 Å². The van der Waals surface area contributed by atoms with Gasteiger partial charge in [-0.3, -0.25) is 0 Å². The molecule has 1 fully saturated rings. The standard InChI is InChI=1S/C18H26O3/c1-17(2)11-16(18(3,4)21-17)20-13-9-8-12-6-5-7-15(19)14(12)10-13/h8-10,15-16,19H,5-7,11H2,1-4H3. The summed E-state index contributed by atoms with van der Waals surface area (Å²) in [7, 11) is 0. The van der Waals surface area contributed by atoms with Gasteiger partial charge in [0.1, 0.15) is 17.5 Å². The van der Waals surface area contributed by atoms with Crippen molar-refractivity contribution in [2.75, 3.05) is 0 Å². The third-order valence-corrected chi connectivity index (χ3v) is 4.67. The van der Waals surface area contributed by atoms with Gasteiger partial charge in [0.25, 0.3) is 0 Å². The number of aliphatic hydroxyl groups excluding tert-OH is 1. The third-order valence-electron chi connectivity index (χ3n) is 4.67. The zero-order valence-electron chi connectivity index (χ0n) is 13.5. The predicted molar refractivity (Wildman–Crippen MR) is 82.6 cm³/mol. The van der Waals surface area contributed by atoms with Crippen LogP contribution in [-0.2, 0) is 11.2 Å². The van der Waals surface area contributed by atoms with Crippen LogP contribution in [0.4, 0.5) is 0 Å². The summed E-state index contributed by atoms with van der Waals surface area (Å²) in [5.74, 6) is 0.842. The summed E-state index contributed by atoms with van der Waals surface area (Å²) in [4.78, 5) is 0. The van der Waals surface area contributed by atoms with E-state index in [2.05, 4.69) is 33.8 Å². The Morgan fingerprint density at radius 2 is 2.00 bits per heavy atom. The SMILES string of the molecule is CC1(C)CC(Oc2ccc3c(c2)C(O)CCC3)C(C)(C)O1. The van der Waals surface area contributed by atoms with Gasteiger partial charge >= 0.3 is 0 Å². The molecule has 0 spiro atoms. The summed E-state index contributed by atoms with van der Waals surface area (Å²) < 4.78 is 12.3. The first-order chi connectivity index (χ1) is 9.77. The lowest BCUT2D eigenvalue weighted by Crippen LogP contribution is -2.36. The molecule has 1 aromatic rings. The molecule has 1 aliphatic carbocycles. The van der Waals surface area contributed by atoms with Gasteiger partial charge in [-0.2, -0.15) is 0 Å². The van der Waals surface area contributed by atoms with Crippen molar-refractivity contribution in [2.45, 2.75) is 76.8 Å². The smallest absolute Gasteiger partial charge is 0.130 e. The Hall–Kier alpha value is -1.06. The number of rotatable bonds is 2. The minimum absolute atomic E-state index is 0.0336. The molecule has 0 bridgehead atoms. The molecular weight excluding hydrogens is 264 g/mol. The molecule has 1 saturated heterocycles. The van der Waals surface area contributed by atoms with Crippen LogP contribution in [0, 0.1) is 0 Å². The zero-order valence-corrected chi connectivity index (χ0v) is 13.5. The van der Waals surface area contributed by atoms with Gasteiger partial charge < -0.3 is 14.6 Å². The second-order valence-corrected chi connectivity index (χ2v) is 7.54. The Balaban J connectivity index is 1.81. The zero-order chi connectivity index (χ0) is 15.3. The number of hydrogen-bond acceptors (Lipinski definition) is 3. The summed E-state index contributed by atoms with van der Waals surface area (Å²) in [6, 6.07) is 6.14. The Kier molecular flexibility index (Phi) is 3.53. The molecule has 0 amide bonds. The first-order valence-corrected chi connectivity index (χ1v) is 7.95. The summed E-state index contributed by atoms with van der Waals surface area (Å²) in [5, 5.41) is 10.2. The second-order valence-electron chi connectivity index (χ2n) is 7.54. The lowest BCUT2D eigenvalue weighted by molar-refractivity contribution is -0.0846. The van der Waals surface area contributed by atoms with Gasteiger partial charge in [0, 0.05) is 6.42 Å². The van der Waals surface area contributed by atoms with E-state index < -0.39 is 0 Å². The Labute approximate surface area is 127 Å². The van der Waals surface area contributed by atoms with Crippen LogP contribution in [0.5, 0.6) is 5.75 Å². The van der Waals surface area contributed by atoms with Gasteiger partial charge in [-0.25, -0.2) is 0 Å². The molecule has 0 radical (unpaired) electrons. The van der Waals surface area contributed by atoms with Crippen molar-refractivity contribution < 1.29 is 14.6 Å². The average Bonchev–Trinajstić information content (AvgIpc) is 2.58. The van der Waals surface area contributed by atoms with E-state index in [0.29, 0.717) is 0 Å². The number of hydrogen-bond donors (Lipinski definition) is 1. The van der Waals surface area contributed by atoms with E-state index >= 15 is 0 Å². The van der Waals surface area contributed by atoms with E-state index in [4.69, 9.17) is 9.47 Å². The lowest BCUT2D eigenvalue weighted by Gasteiger charge is -2.28. The number of aryl methyl sites for hydroxylation is 1. The largest absolute Gasteiger partial charge is 0.487 e. The summed E-state index contributed by atoms with van der Waals surface area (Å²) >= 11 is 0. The van der Waals surface area contributed by atoms with Crippen molar-refractivity contribution in [3.8, 4) is 5.75 Å². The van der Waals surface area contributed by atoms with Crippen molar-refractivity contribution in [3.63, 3.8) is 0 Å². The third kappa shape index (κ3) is 2.95. The fourth-order valence-electron chi connectivity index (χ4n) is 3.69. The van der Waals surface area contributed by atoms with Gasteiger partial charge in [0.2, 0.25) is 0 Å². The van der Waals surface area contributed by atoms with E-state index in [1.165, 1.54) is 5.56 Å². The normalized spacial score (nSPS) is 30.0. The van der Waals surface area contributed by atoms with Gasteiger partial charge in [-0.15, -0.1) is 0 Å². The molecule has 1 N–H and O–H groups in total. The minimum atomic E-state index is -0.346. The van der Waals surface area contributed by atoms with Crippen molar-refractivity contribution in [2.24, 2.45) is 0 Å². The van der Waals surface area contributed by atoms with Crippen molar-refractivity contribution >= 4 is 0 Å². The molecule has 1 aromatic carbocycles. The van der Waals surface area contributed by atoms with Gasteiger partial charge in [-0.1, -0.05) is 6.07 Å². The van der Waals surface area contributed by atoms with E-state index in [-0.39, 0.29) is 23.4 Å². The van der Waals surface area contributed by atoms with Gasteiger partial charge in [0.05, 0.1) is 11.7 Å². The molecule has 3 nitrogen and oxygen atoms in total. The van der Waals surface area contributed by atoms with Crippen LogP contribution in [0.1, 0.15) is 64.2 Å². The maximum atomic E-state index is 10.2. The van der Waals surface area contributed by atoms with E-state index in [1.54, 1.807) is 0 Å². The van der Waals surface area contributed by atoms with Crippen molar-refractivity contribution in [1.29, 1.82) is 0 Å². The Bertz CT molecular complexity index is 533. The molecule has 0 saturated carbocycles. The number of benzene rings is 1. The fraction of sp³-hybridized carbons (Fsp3) is 0.667. The molecule has 2 aliphatic rings. The number of fused-ring (bicyclic) bond motifs is 1. The van der Waals surface area contributed by atoms with E-state index in [0.717, 1.165) is 37.0 Å². The molecule has 2 unspecified atom stereocenters. The first-order valence-electron chi connectivity index (χ1n) is 7.95. The van der Waals surface area contributed by atoms with Crippen LogP contribution in [0.3, 0.4) is 0 Å². The van der Waals surface area contributed by atoms with Crippen molar-refractivity contribution in [3.05, 3.63) is 29.3 Å². The monoisotopic (exact) mass is 290 g/mol. The van der Waals surface area contributed by atoms with E-state index in [1.807, 2.05) is 12.1 Å². The molecule has 1 heterocycles. The quantitative estimate of drug-likeness (QED) is 0.901. The molecule has 1 aliphatic heterocycles. The minimum Gasteiger partial charge on any atom is -0.487 e. The van der Waals surface area contributed by atoms with Crippen LogP contribution in [0.2, 0.25) is 0 Å². The average molecular weight is 290 g/mol. The molecule has 0 aromatic heterocycles.